The minimum Gasteiger partial charge on any atom is -0.462 e. The fourth-order valence-electron chi connectivity index (χ4n) is 2.39. The number of hydrogen-bond donors (Lipinski definition) is 0. The highest BCUT2D eigenvalue weighted by Gasteiger charge is 2.42. The second kappa shape index (κ2) is 5.64. The fraction of sp³-hybridized carbons (Fsp3) is 0.917. The first-order valence-corrected chi connectivity index (χ1v) is 6.24. The van der Waals surface area contributed by atoms with E-state index < -0.39 is 0 Å². The van der Waals surface area contributed by atoms with Crippen molar-refractivity contribution in [2.75, 3.05) is 13.2 Å². The van der Waals surface area contributed by atoms with Crippen LogP contribution >= 0.6 is 0 Å². The molecule has 2 rings (SSSR count). The second-order valence-corrected chi connectivity index (χ2v) is 4.50. The third-order valence-electron chi connectivity index (χ3n) is 3.25. The van der Waals surface area contributed by atoms with Gasteiger partial charge in [0.2, 0.25) is 0 Å². The van der Waals surface area contributed by atoms with Crippen molar-refractivity contribution in [3.8, 4) is 0 Å². The predicted molar refractivity (Wildman–Crippen MR) is 57.8 cm³/mol. The molecule has 2 aliphatic heterocycles. The van der Waals surface area contributed by atoms with E-state index in [-0.39, 0.29) is 24.3 Å². The Morgan fingerprint density at radius 1 is 1.25 bits per heavy atom. The number of ether oxygens (including phenoxy) is 3. The van der Waals surface area contributed by atoms with Crippen LogP contribution in [0.15, 0.2) is 0 Å². The second-order valence-electron chi connectivity index (χ2n) is 4.50. The Balaban J connectivity index is 1.85. The summed E-state index contributed by atoms with van der Waals surface area (Å²) in [5.74, 6) is -0.00236. The van der Waals surface area contributed by atoms with Crippen LogP contribution in [0.4, 0.5) is 0 Å². The number of hydrogen-bond acceptors (Lipinski definition) is 4. The van der Waals surface area contributed by atoms with Crippen LogP contribution in [0.5, 0.6) is 0 Å². The van der Waals surface area contributed by atoms with Gasteiger partial charge in [-0.1, -0.05) is 19.8 Å². The van der Waals surface area contributed by atoms with Crippen molar-refractivity contribution in [1.29, 1.82) is 0 Å². The minimum absolute atomic E-state index is 0.00199. The van der Waals surface area contributed by atoms with Crippen molar-refractivity contribution < 1.29 is 19.0 Å². The van der Waals surface area contributed by atoms with E-state index in [4.69, 9.17) is 14.2 Å². The molecule has 0 aromatic carbocycles. The Labute approximate surface area is 96.2 Å². The number of esters is 1. The summed E-state index contributed by atoms with van der Waals surface area (Å²) in [6.07, 6.45) is 4.64. The van der Waals surface area contributed by atoms with Gasteiger partial charge in [0.05, 0.1) is 25.6 Å². The molecular weight excluding hydrogens is 208 g/mol. The van der Waals surface area contributed by atoms with Gasteiger partial charge in [0.15, 0.2) is 6.29 Å². The summed E-state index contributed by atoms with van der Waals surface area (Å²) >= 11 is 0. The molecule has 4 heteroatoms. The molecule has 2 saturated heterocycles. The molecule has 2 fully saturated rings. The third kappa shape index (κ3) is 2.74. The summed E-state index contributed by atoms with van der Waals surface area (Å²) in [5, 5.41) is 0. The molecule has 4 nitrogen and oxygen atoms in total. The highest BCUT2D eigenvalue weighted by Crippen LogP contribution is 2.32. The first-order valence-electron chi connectivity index (χ1n) is 6.24. The molecule has 0 aliphatic carbocycles. The maximum Gasteiger partial charge on any atom is 0.306 e. The maximum atomic E-state index is 11.3. The topological polar surface area (TPSA) is 44.8 Å². The lowest BCUT2D eigenvalue weighted by atomic mass is 9.96. The molecule has 2 atom stereocenters. The number of cyclic esters (lactones) is 1. The van der Waals surface area contributed by atoms with Crippen molar-refractivity contribution in [1.82, 2.24) is 0 Å². The molecule has 0 amide bonds. The summed E-state index contributed by atoms with van der Waals surface area (Å²) in [6, 6.07) is 0. The van der Waals surface area contributed by atoms with Crippen molar-refractivity contribution in [3.05, 3.63) is 0 Å². The Hall–Kier alpha value is -0.610. The summed E-state index contributed by atoms with van der Waals surface area (Å²) in [7, 11) is 0. The Morgan fingerprint density at radius 3 is 2.69 bits per heavy atom. The zero-order valence-corrected chi connectivity index (χ0v) is 9.81. The van der Waals surface area contributed by atoms with Gasteiger partial charge < -0.3 is 14.2 Å². The van der Waals surface area contributed by atoms with Crippen molar-refractivity contribution in [2.24, 2.45) is 5.92 Å². The number of unbranched alkanes of at least 4 members (excludes halogenated alkanes) is 2. The highest BCUT2D eigenvalue weighted by molar-refractivity contribution is 5.72. The summed E-state index contributed by atoms with van der Waals surface area (Å²) in [4.78, 5) is 11.3. The van der Waals surface area contributed by atoms with Crippen LogP contribution in [0.25, 0.3) is 0 Å². The molecule has 0 aromatic heterocycles. The van der Waals surface area contributed by atoms with Crippen molar-refractivity contribution in [3.63, 3.8) is 0 Å². The zero-order chi connectivity index (χ0) is 11.4. The summed E-state index contributed by atoms with van der Waals surface area (Å²) < 4.78 is 16.3. The molecule has 2 aliphatic rings. The normalized spacial score (nSPS) is 30.9. The maximum absolute atomic E-state index is 11.3. The lowest BCUT2D eigenvalue weighted by Gasteiger charge is -2.21. The van der Waals surface area contributed by atoms with Crippen LogP contribution in [0.2, 0.25) is 0 Å². The highest BCUT2D eigenvalue weighted by atomic mass is 16.7. The Bertz CT molecular complexity index is 235. The van der Waals surface area contributed by atoms with Gasteiger partial charge in [-0.25, -0.2) is 0 Å². The van der Waals surface area contributed by atoms with Crippen LogP contribution in [0.3, 0.4) is 0 Å². The first kappa shape index (κ1) is 11.9. The Kier molecular flexibility index (Phi) is 4.18. The van der Waals surface area contributed by atoms with Gasteiger partial charge in [0.1, 0.15) is 6.10 Å². The van der Waals surface area contributed by atoms with Crippen LogP contribution in [-0.4, -0.2) is 31.6 Å². The predicted octanol–water partition coefficient (Wildman–Crippen LogP) is 1.87. The molecule has 2 heterocycles. The van der Waals surface area contributed by atoms with Crippen molar-refractivity contribution in [2.45, 2.75) is 51.4 Å². The van der Waals surface area contributed by atoms with E-state index >= 15 is 0 Å². The van der Waals surface area contributed by atoms with Crippen molar-refractivity contribution >= 4 is 5.97 Å². The molecule has 92 valence electrons. The molecule has 0 radical (unpaired) electrons. The molecule has 0 unspecified atom stereocenters. The van der Waals surface area contributed by atoms with Gasteiger partial charge in [-0.2, -0.15) is 0 Å². The minimum atomic E-state index is -0.224. The van der Waals surface area contributed by atoms with E-state index in [1.807, 2.05) is 0 Å². The van der Waals surface area contributed by atoms with Gasteiger partial charge >= 0.3 is 5.97 Å². The Morgan fingerprint density at radius 2 is 2.00 bits per heavy atom. The average molecular weight is 228 g/mol. The van der Waals surface area contributed by atoms with E-state index in [1.165, 1.54) is 12.8 Å². The van der Waals surface area contributed by atoms with Crippen LogP contribution in [0.1, 0.15) is 39.0 Å². The largest absolute Gasteiger partial charge is 0.462 e. The van der Waals surface area contributed by atoms with Gasteiger partial charge in [0, 0.05) is 0 Å². The van der Waals surface area contributed by atoms with Gasteiger partial charge in [-0.3, -0.25) is 4.79 Å². The number of carbonyl (C=O) groups is 1. The molecule has 0 saturated carbocycles. The third-order valence-corrected chi connectivity index (χ3v) is 3.25. The van der Waals surface area contributed by atoms with E-state index in [1.54, 1.807) is 0 Å². The number of carbonyl (C=O) groups excluding carboxylic acids is 1. The zero-order valence-electron chi connectivity index (χ0n) is 9.81. The molecule has 0 N–H and O–H groups in total. The first-order chi connectivity index (χ1) is 7.81. The van der Waals surface area contributed by atoms with Crippen LogP contribution < -0.4 is 0 Å². The quantitative estimate of drug-likeness (QED) is 0.532. The standard InChI is InChI=1S/C12H20O4/c1-2-3-4-5-10-9(8-11(13)16-10)12-14-6-7-15-12/h9-10,12H,2-8H2,1H3/t9-,10+/m1/s1. The summed E-state index contributed by atoms with van der Waals surface area (Å²) in [5.41, 5.74) is 0. The average Bonchev–Trinajstić information content (AvgIpc) is 2.87. The van der Waals surface area contributed by atoms with E-state index in [0.717, 1.165) is 12.8 Å². The SMILES string of the molecule is CCCCC[C@@H]1OC(=O)C[C@H]1C1OCCO1. The van der Waals surface area contributed by atoms with Gasteiger partial charge in [-0.05, 0) is 12.8 Å². The summed E-state index contributed by atoms with van der Waals surface area (Å²) in [6.45, 7) is 3.44. The monoisotopic (exact) mass is 228 g/mol. The molecule has 0 bridgehead atoms. The van der Waals surface area contributed by atoms with Gasteiger partial charge in [-0.15, -0.1) is 0 Å². The van der Waals surface area contributed by atoms with Gasteiger partial charge in [0.25, 0.3) is 0 Å². The van der Waals surface area contributed by atoms with E-state index in [2.05, 4.69) is 6.92 Å². The molecule has 16 heavy (non-hydrogen) atoms. The number of rotatable bonds is 5. The van der Waals surface area contributed by atoms with E-state index in [0.29, 0.717) is 19.6 Å². The van der Waals surface area contributed by atoms with E-state index in [9.17, 15) is 4.79 Å². The van der Waals surface area contributed by atoms with Crippen LogP contribution in [0, 0.1) is 5.92 Å². The fourth-order valence-corrected chi connectivity index (χ4v) is 2.39. The molecular formula is C12H20O4. The lowest BCUT2D eigenvalue weighted by molar-refractivity contribution is -0.142. The molecule has 0 aromatic rings. The lowest BCUT2D eigenvalue weighted by Crippen LogP contribution is -2.29. The van der Waals surface area contributed by atoms with Crippen LogP contribution in [-0.2, 0) is 19.0 Å². The molecule has 0 spiro atoms. The smallest absolute Gasteiger partial charge is 0.306 e.